The molecule has 1 amide bonds. The number of carbonyl (C=O) groups excluding carboxylic acids is 2. The second kappa shape index (κ2) is 7.14. The molecule has 0 radical (unpaired) electrons. The van der Waals surface area contributed by atoms with Crippen LogP contribution < -0.4 is 10.5 Å². The SMILES string of the molecule is C[C@@H](OC(=O)c1cccc(NS(=O)(=O)c2ccccc2)c1)C(N)=O. The standard InChI is InChI=1S/C16H16N2O5S/c1-11(15(17)19)23-16(20)12-6-5-7-13(10-12)18-24(21,22)14-8-3-2-4-9-14/h2-11,18H,1H3,(H2,17,19)/t11-/m1/s1. The molecule has 0 spiro atoms. The van der Waals surface area contributed by atoms with Crippen molar-refractivity contribution in [2.45, 2.75) is 17.9 Å². The average Bonchev–Trinajstić information content (AvgIpc) is 2.55. The van der Waals surface area contributed by atoms with Crippen LogP contribution in [0.4, 0.5) is 5.69 Å². The Kier molecular flexibility index (Phi) is 5.20. The van der Waals surface area contributed by atoms with E-state index in [1.165, 1.54) is 43.3 Å². The number of carbonyl (C=O) groups is 2. The number of sulfonamides is 1. The molecular weight excluding hydrogens is 332 g/mol. The maximum atomic E-state index is 12.3. The molecule has 0 aliphatic rings. The van der Waals surface area contributed by atoms with E-state index in [1.807, 2.05) is 0 Å². The van der Waals surface area contributed by atoms with Crippen LogP contribution >= 0.6 is 0 Å². The fourth-order valence-corrected chi connectivity index (χ4v) is 2.88. The van der Waals surface area contributed by atoms with Gasteiger partial charge >= 0.3 is 5.97 Å². The number of hydrogen-bond acceptors (Lipinski definition) is 5. The zero-order chi connectivity index (χ0) is 17.7. The molecule has 2 aromatic carbocycles. The van der Waals surface area contributed by atoms with Crippen LogP contribution in [-0.4, -0.2) is 26.4 Å². The van der Waals surface area contributed by atoms with Crippen molar-refractivity contribution in [3.05, 3.63) is 60.2 Å². The number of hydrogen-bond donors (Lipinski definition) is 2. The summed E-state index contributed by atoms with van der Waals surface area (Å²) in [5, 5.41) is 0. The molecular formula is C16H16N2O5S. The normalized spacial score (nSPS) is 12.2. The first-order chi connectivity index (χ1) is 11.3. The Morgan fingerprint density at radius 2 is 1.75 bits per heavy atom. The van der Waals surface area contributed by atoms with Gasteiger partial charge in [0.2, 0.25) is 0 Å². The van der Waals surface area contributed by atoms with Crippen molar-refractivity contribution < 1.29 is 22.7 Å². The highest BCUT2D eigenvalue weighted by Crippen LogP contribution is 2.17. The summed E-state index contributed by atoms with van der Waals surface area (Å²) in [7, 11) is -3.77. The second-order valence-corrected chi connectivity index (χ2v) is 6.63. The maximum absolute atomic E-state index is 12.3. The van der Waals surface area contributed by atoms with Gasteiger partial charge in [-0.05, 0) is 37.3 Å². The number of anilines is 1. The van der Waals surface area contributed by atoms with E-state index in [9.17, 15) is 18.0 Å². The summed E-state index contributed by atoms with van der Waals surface area (Å²) in [6.07, 6.45) is -1.08. The number of amides is 1. The first-order valence-corrected chi connectivity index (χ1v) is 8.46. The van der Waals surface area contributed by atoms with Gasteiger partial charge in [0.15, 0.2) is 6.10 Å². The third-order valence-electron chi connectivity index (χ3n) is 3.09. The Hall–Kier alpha value is -2.87. The lowest BCUT2D eigenvalue weighted by molar-refractivity contribution is -0.125. The van der Waals surface area contributed by atoms with Gasteiger partial charge in [-0.15, -0.1) is 0 Å². The van der Waals surface area contributed by atoms with Crippen LogP contribution in [0.3, 0.4) is 0 Å². The minimum absolute atomic E-state index is 0.0939. The molecule has 3 N–H and O–H groups in total. The molecule has 1 atom stereocenters. The minimum atomic E-state index is -3.77. The average molecular weight is 348 g/mol. The lowest BCUT2D eigenvalue weighted by Crippen LogP contribution is -2.30. The van der Waals surface area contributed by atoms with E-state index in [0.717, 1.165) is 0 Å². The molecule has 0 aromatic heterocycles. The Morgan fingerprint density at radius 1 is 1.08 bits per heavy atom. The van der Waals surface area contributed by atoms with Crippen LogP contribution in [0.2, 0.25) is 0 Å². The van der Waals surface area contributed by atoms with Crippen molar-refractivity contribution in [3.8, 4) is 0 Å². The highest BCUT2D eigenvalue weighted by atomic mass is 32.2. The van der Waals surface area contributed by atoms with E-state index in [1.54, 1.807) is 18.2 Å². The quantitative estimate of drug-likeness (QED) is 0.768. The summed E-state index contributed by atoms with van der Waals surface area (Å²) >= 11 is 0. The molecule has 0 aliphatic carbocycles. The Bertz CT molecular complexity index is 850. The molecule has 0 saturated carbocycles. The summed E-state index contributed by atoms with van der Waals surface area (Å²) in [5.41, 5.74) is 5.32. The van der Waals surface area contributed by atoms with E-state index in [2.05, 4.69) is 4.72 Å². The van der Waals surface area contributed by atoms with Gasteiger partial charge < -0.3 is 10.5 Å². The largest absolute Gasteiger partial charge is 0.449 e. The van der Waals surface area contributed by atoms with Gasteiger partial charge in [-0.1, -0.05) is 24.3 Å². The smallest absolute Gasteiger partial charge is 0.338 e. The highest BCUT2D eigenvalue weighted by molar-refractivity contribution is 7.92. The van der Waals surface area contributed by atoms with Gasteiger partial charge in [-0.3, -0.25) is 9.52 Å². The number of esters is 1. The molecule has 8 heteroatoms. The van der Waals surface area contributed by atoms with E-state index < -0.39 is 28.0 Å². The van der Waals surface area contributed by atoms with E-state index in [-0.39, 0.29) is 16.1 Å². The van der Waals surface area contributed by atoms with Crippen molar-refractivity contribution in [3.63, 3.8) is 0 Å². The summed E-state index contributed by atoms with van der Waals surface area (Å²) in [4.78, 5) is 23.0. The van der Waals surface area contributed by atoms with Crippen molar-refractivity contribution in [2.75, 3.05) is 4.72 Å². The van der Waals surface area contributed by atoms with Crippen LogP contribution in [0.1, 0.15) is 17.3 Å². The minimum Gasteiger partial charge on any atom is -0.449 e. The van der Waals surface area contributed by atoms with Crippen molar-refractivity contribution in [1.29, 1.82) is 0 Å². The molecule has 0 saturated heterocycles. The molecule has 7 nitrogen and oxygen atoms in total. The van der Waals surface area contributed by atoms with Gasteiger partial charge in [-0.2, -0.15) is 0 Å². The van der Waals surface area contributed by atoms with Gasteiger partial charge in [0.1, 0.15) is 0 Å². The molecule has 0 fully saturated rings. The number of ether oxygens (including phenoxy) is 1. The topological polar surface area (TPSA) is 116 Å². The maximum Gasteiger partial charge on any atom is 0.338 e. The van der Waals surface area contributed by atoms with E-state index in [0.29, 0.717) is 0 Å². The molecule has 2 aromatic rings. The molecule has 0 heterocycles. The fraction of sp³-hybridized carbons (Fsp3) is 0.125. The number of nitrogens with two attached hydrogens (primary N) is 1. The summed E-state index contributed by atoms with van der Waals surface area (Å²) in [6, 6.07) is 13.6. The zero-order valence-corrected chi connectivity index (χ0v) is 13.6. The molecule has 24 heavy (non-hydrogen) atoms. The third kappa shape index (κ3) is 4.32. The Morgan fingerprint density at radius 3 is 2.38 bits per heavy atom. The third-order valence-corrected chi connectivity index (χ3v) is 4.49. The fourth-order valence-electron chi connectivity index (χ4n) is 1.81. The predicted octanol–water partition coefficient (Wildman–Crippen LogP) is 1.52. The number of benzene rings is 2. The van der Waals surface area contributed by atoms with Crippen LogP contribution in [0, 0.1) is 0 Å². The molecule has 0 bridgehead atoms. The van der Waals surface area contributed by atoms with Crippen LogP contribution in [0.5, 0.6) is 0 Å². The van der Waals surface area contributed by atoms with Gasteiger partial charge in [0.05, 0.1) is 10.5 Å². The summed E-state index contributed by atoms with van der Waals surface area (Å²) in [5.74, 6) is -1.55. The predicted molar refractivity (Wildman–Crippen MR) is 87.8 cm³/mol. The van der Waals surface area contributed by atoms with Crippen LogP contribution in [-0.2, 0) is 19.6 Å². The van der Waals surface area contributed by atoms with Gasteiger partial charge in [0.25, 0.3) is 15.9 Å². The number of rotatable bonds is 6. The van der Waals surface area contributed by atoms with Crippen LogP contribution in [0.25, 0.3) is 0 Å². The van der Waals surface area contributed by atoms with Crippen molar-refractivity contribution in [1.82, 2.24) is 0 Å². The van der Waals surface area contributed by atoms with Gasteiger partial charge in [-0.25, -0.2) is 13.2 Å². The van der Waals surface area contributed by atoms with Crippen molar-refractivity contribution in [2.24, 2.45) is 5.73 Å². The van der Waals surface area contributed by atoms with Crippen molar-refractivity contribution >= 4 is 27.6 Å². The summed E-state index contributed by atoms with van der Waals surface area (Å²) < 4.78 is 31.8. The number of nitrogens with one attached hydrogen (secondary N) is 1. The van der Waals surface area contributed by atoms with E-state index in [4.69, 9.17) is 10.5 Å². The lowest BCUT2D eigenvalue weighted by atomic mass is 10.2. The molecule has 0 aliphatic heterocycles. The second-order valence-electron chi connectivity index (χ2n) is 4.95. The molecule has 126 valence electrons. The van der Waals surface area contributed by atoms with Gasteiger partial charge in [0, 0.05) is 5.69 Å². The first-order valence-electron chi connectivity index (χ1n) is 6.98. The van der Waals surface area contributed by atoms with Crippen LogP contribution in [0.15, 0.2) is 59.5 Å². The monoisotopic (exact) mass is 348 g/mol. The molecule has 0 unspecified atom stereocenters. The summed E-state index contributed by atoms with van der Waals surface area (Å²) in [6.45, 7) is 1.35. The first kappa shape index (κ1) is 17.5. The molecule has 2 rings (SSSR count). The zero-order valence-electron chi connectivity index (χ0n) is 12.8. The number of primary amides is 1. The lowest BCUT2D eigenvalue weighted by Gasteiger charge is -2.11. The highest BCUT2D eigenvalue weighted by Gasteiger charge is 2.18. The van der Waals surface area contributed by atoms with E-state index >= 15 is 0 Å². The Labute approximate surface area is 139 Å². The Balaban J connectivity index is 2.19.